The van der Waals surface area contributed by atoms with Gasteiger partial charge in [0.1, 0.15) is 0 Å². The first-order chi connectivity index (χ1) is 6.41. The van der Waals surface area contributed by atoms with Crippen LogP contribution >= 0.6 is 0 Å². The molecule has 1 aliphatic heterocycles. The lowest BCUT2D eigenvalue weighted by atomic mass is 10.1. The molecule has 0 aliphatic carbocycles. The monoisotopic (exact) mass is 206 g/mol. The molecule has 0 spiro atoms. The Balaban J connectivity index is 2.40. The van der Waals surface area contributed by atoms with E-state index in [1.165, 1.54) is 6.92 Å². The Labute approximate surface area is 82.2 Å². The molecule has 1 fully saturated rings. The molecule has 2 atom stereocenters. The molecule has 1 heterocycles. The normalized spacial score (nSPS) is 24.7. The number of hydrogen-bond donors (Lipinski definition) is 2. The maximum Gasteiger partial charge on any atom is 0.264 e. The lowest BCUT2D eigenvalue weighted by molar-refractivity contribution is -0.128. The Morgan fingerprint density at radius 1 is 1.64 bits per heavy atom. The predicted octanol–water partition coefficient (Wildman–Crippen LogP) is 0.756. The zero-order valence-corrected chi connectivity index (χ0v) is 8.44. The highest BCUT2D eigenvalue weighted by molar-refractivity contribution is 5.79. The summed E-state index contributed by atoms with van der Waals surface area (Å²) in [4.78, 5) is 11.4. The molecular weight excluding hydrogens is 190 g/mol. The largest absolute Gasteiger partial charge is 0.347 e. The van der Waals surface area contributed by atoms with Gasteiger partial charge in [-0.2, -0.15) is 0 Å². The van der Waals surface area contributed by atoms with Crippen LogP contribution in [0.3, 0.4) is 0 Å². The molecule has 0 aromatic rings. The van der Waals surface area contributed by atoms with Gasteiger partial charge in [-0.05, 0) is 19.9 Å². The van der Waals surface area contributed by atoms with Crippen LogP contribution in [0.4, 0.5) is 8.78 Å². The molecule has 0 radical (unpaired) electrons. The topological polar surface area (TPSA) is 41.1 Å². The zero-order chi connectivity index (χ0) is 10.8. The second kappa shape index (κ2) is 4.21. The first-order valence-electron chi connectivity index (χ1n) is 4.80. The van der Waals surface area contributed by atoms with E-state index in [0.717, 1.165) is 19.9 Å². The fraction of sp³-hybridized carbons (Fsp3) is 0.889. The molecule has 0 saturated carbocycles. The van der Waals surface area contributed by atoms with Gasteiger partial charge < -0.3 is 10.6 Å². The average molecular weight is 206 g/mol. The standard InChI is InChI=1S/C9H16F2N2O/c1-6(9(2,10)11)13-8(14)7-3-4-12-5-7/h6-7,12H,3-5H2,1-2H3,(H,13,14). The van der Waals surface area contributed by atoms with Crippen molar-refractivity contribution in [2.75, 3.05) is 13.1 Å². The molecule has 1 amide bonds. The quantitative estimate of drug-likeness (QED) is 0.715. The summed E-state index contributed by atoms with van der Waals surface area (Å²) in [5.74, 6) is -3.29. The van der Waals surface area contributed by atoms with Crippen molar-refractivity contribution in [3.63, 3.8) is 0 Å². The molecule has 2 N–H and O–H groups in total. The van der Waals surface area contributed by atoms with Crippen molar-refractivity contribution < 1.29 is 13.6 Å². The van der Waals surface area contributed by atoms with E-state index >= 15 is 0 Å². The van der Waals surface area contributed by atoms with Crippen molar-refractivity contribution >= 4 is 5.91 Å². The molecule has 1 aliphatic rings. The molecule has 0 aromatic carbocycles. The highest BCUT2D eigenvalue weighted by atomic mass is 19.3. The van der Waals surface area contributed by atoms with Crippen LogP contribution < -0.4 is 10.6 Å². The van der Waals surface area contributed by atoms with E-state index in [2.05, 4.69) is 10.6 Å². The SMILES string of the molecule is CC(NC(=O)C1CCNC1)C(C)(F)F. The predicted molar refractivity (Wildman–Crippen MR) is 49.2 cm³/mol. The Morgan fingerprint density at radius 3 is 2.71 bits per heavy atom. The summed E-state index contributed by atoms with van der Waals surface area (Å²) >= 11 is 0. The number of alkyl halides is 2. The van der Waals surface area contributed by atoms with Gasteiger partial charge in [-0.15, -0.1) is 0 Å². The Kier molecular flexibility index (Phi) is 3.42. The smallest absolute Gasteiger partial charge is 0.264 e. The molecule has 0 bridgehead atoms. The molecule has 14 heavy (non-hydrogen) atoms. The number of carbonyl (C=O) groups is 1. The third kappa shape index (κ3) is 2.90. The number of amides is 1. The third-order valence-electron chi connectivity index (χ3n) is 2.55. The maximum atomic E-state index is 12.7. The minimum absolute atomic E-state index is 0.153. The van der Waals surface area contributed by atoms with Gasteiger partial charge in [0.15, 0.2) is 0 Å². The summed E-state index contributed by atoms with van der Waals surface area (Å²) in [6.07, 6.45) is 0.730. The van der Waals surface area contributed by atoms with Crippen molar-refractivity contribution in [1.82, 2.24) is 10.6 Å². The van der Waals surface area contributed by atoms with E-state index in [1.807, 2.05) is 0 Å². The first-order valence-corrected chi connectivity index (χ1v) is 4.80. The fourth-order valence-corrected chi connectivity index (χ4v) is 1.34. The van der Waals surface area contributed by atoms with Gasteiger partial charge in [0.25, 0.3) is 5.92 Å². The highest BCUT2D eigenvalue weighted by Crippen LogP contribution is 2.17. The van der Waals surface area contributed by atoms with Crippen LogP contribution in [0.1, 0.15) is 20.3 Å². The van der Waals surface area contributed by atoms with E-state index in [4.69, 9.17) is 0 Å². The van der Waals surface area contributed by atoms with Crippen LogP contribution in [-0.2, 0) is 4.79 Å². The number of hydrogen-bond acceptors (Lipinski definition) is 2. The lowest BCUT2D eigenvalue weighted by Crippen LogP contribution is -2.46. The Hall–Kier alpha value is -0.710. The third-order valence-corrected chi connectivity index (χ3v) is 2.55. The van der Waals surface area contributed by atoms with Gasteiger partial charge in [0.2, 0.25) is 5.91 Å². The van der Waals surface area contributed by atoms with Crippen molar-refractivity contribution in [2.45, 2.75) is 32.2 Å². The number of nitrogens with one attached hydrogen (secondary N) is 2. The van der Waals surface area contributed by atoms with E-state index in [0.29, 0.717) is 6.54 Å². The number of rotatable bonds is 3. The van der Waals surface area contributed by atoms with Gasteiger partial charge in [0.05, 0.1) is 12.0 Å². The second-order valence-corrected chi connectivity index (χ2v) is 3.88. The lowest BCUT2D eigenvalue weighted by Gasteiger charge is -2.22. The van der Waals surface area contributed by atoms with Gasteiger partial charge in [-0.25, -0.2) is 8.78 Å². The van der Waals surface area contributed by atoms with Crippen molar-refractivity contribution in [3.05, 3.63) is 0 Å². The molecule has 0 aromatic heterocycles. The minimum atomic E-state index is -2.86. The van der Waals surface area contributed by atoms with Crippen LogP contribution in [-0.4, -0.2) is 31.0 Å². The average Bonchev–Trinajstić information content (AvgIpc) is 2.53. The summed E-state index contributed by atoms with van der Waals surface area (Å²) in [7, 11) is 0. The van der Waals surface area contributed by atoms with Crippen molar-refractivity contribution in [2.24, 2.45) is 5.92 Å². The Bertz CT molecular complexity index is 209. The van der Waals surface area contributed by atoms with Crippen LogP contribution in [0.2, 0.25) is 0 Å². The van der Waals surface area contributed by atoms with Crippen molar-refractivity contribution in [1.29, 1.82) is 0 Å². The number of carbonyl (C=O) groups excluding carboxylic acids is 1. The molecule has 3 nitrogen and oxygen atoms in total. The van der Waals surface area contributed by atoms with Gasteiger partial charge in [-0.1, -0.05) is 0 Å². The van der Waals surface area contributed by atoms with Crippen LogP contribution in [0.5, 0.6) is 0 Å². The van der Waals surface area contributed by atoms with Crippen LogP contribution in [0.15, 0.2) is 0 Å². The molecular formula is C9H16F2N2O. The van der Waals surface area contributed by atoms with Crippen molar-refractivity contribution in [3.8, 4) is 0 Å². The second-order valence-electron chi connectivity index (χ2n) is 3.88. The number of halogens is 2. The van der Waals surface area contributed by atoms with Crippen LogP contribution in [0, 0.1) is 5.92 Å². The Morgan fingerprint density at radius 2 is 2.29 bits per heavy atom. The molecule has 1 saturated heterocycles. The molecule has 82 valence electrons. The summed E-state index contributed by atoms with van der Waals surface area (Å²) in [5, 5.41) is 5.35. The summed E-state index contributed by atoms with van der Waals surface area (Å²) < 4.78 is 25.5. The van der Waals surface area contributed by atoms with E-state index < -0.39 is 12.0 Å². The fourth-order valence-electron chi connectivity index (χ4n) is 1.34. The highest BCUT2D eigenvalue weighted by Gasteiger charge is 2.33. The first kappa shape index (κ1) is 11.4. The van der Waals surface area contributed by atoms with Crippen LogP contribution in [0.25, 0.3) is 0 Å². The van der Waals surface area contributed by atoms with E-state index in [9.17, 15) is 13.6 Å². The molecule has 2 unspecified atom stereocenters. The van der Waals surface area contributed by atoms with Gasteiger partial charge in [0, 0.05) is 13.5 Å². The molecule has 1 rings (SSSR count). The summed E-state index contributed by atoms with van der Waals surface area (Å²) in [6, 6.07) is -1.10. The van der Waals surface area contributed by atoms with E-state index in [1.54, 1.807) is 0 Å². The maximum absolute atomic E-state index is 12.7. The van der Waals surface area contributed by atoms with E-state index in [-0.39, 0.29) is 11.8 Å². The summed E-state index contributed by atoms with van der Waals surface area (Å²) in [6.45, 7) is 3.51. The molecule has 5 heteroatoms. The zero-order valence-electron chi connectivity index (χ0n) is 8.44. The summed E-state index contributed by atoms with van der Waals surface area (Å²) in [5.41, 5.74) is 0. The van der Waals surface area contributed by atoms with Gasteiger partial charge >= 0.3 is 0 Å². The van der Waals surface area contributed by atoms with Gasteiger partial charge in [-0.3, -0.25) is 4.79 Å². The minimum Gasteiger partial charge on any atom is -0.347 e.